The maximum absolute atomic E-state index is 16.7. The fraction of sp³-hybridized carbons (Fsp3) is 0.378. The number of aromatic nitrogens is 5. The summed E-state index contributed by atoms with van der Waals surface area (Å²) in [6, 6.07) is 13.4. The minimum absolute atomic E-state index is 0.0376. The van der Waals surface area contributed by atoms with Crippen molar-refractivity contribution < 1.29 is 28.0 Å². The molecule has 5 amide bonds. The van der Waals surface area contributed by atoms with E-state index < -0.39 is 17.7 Å². The van der Waals surface area contributed by atoms with Crippen molar-refractivity contribution in [3.63, 3.8) is 0 Å². The molecule has 0 bridgehead atoms. The van der Waals surface area contributed by atoms with E-state index in [0.717, 1.165) is 10.9 Å². The van der Waals surface area contributed by atoms with Gasteiger partial charge in [0.1, 0.15) is 11.5 Å². The molecule has 0 saturated carbocycles. The maximum Gasteiger partial charge on any atom is 0.328 e. The lowest BCUT2D eigenvalue weighted by atomic mass is 9.86. The van der Waals surface area contributed by atoms with Gasteiger partial charge in [-0.1, -0.05) is 17.7 Å². The molecule has 3 aliphatic rings. The van der Waals surface area contributed by atoms with Gasteiger partial charge in [-0.2, -0.15) is 10.2 Å². The zero-order valence-electron chi connectivity index (χ0n) is 35.1. The molecule has 3 aromatic heterocycles. The van der Waals surface area contributed by atoms with Gasteiger partial charge < -0.3 is 19.7 Å². The molecule has 0 aliphatic carbocycles. The van der Waals surface area contributed by atoms with Gasteiger partial charge in [0.15, 0.2) is 5.82 Å². The van der Waals surface area contributed by atoms with Crippen LogP contribution in [0, 0.1) is 11.6 Å². The number of piperidine rings is 1. The summed E-state index contributed by atoms with van der Waals surface area (Å²) in [4.78, 5) is 62.7. The molecule has 6 aromatic rings. The van der Waals surface area contributed by atoms with E-state index in [2.05, 4.69) is 25.4 Å². The van der Waals surface area contributed by atoms with Crippen molar-refractivity contribution in [3.8, 4) is 11.1 Å². The standard InChI is InChI=1S/C45H48ClF2N11O4/c1-53(2)44(62)36-24-32-30(22-29(42(48)43(32)51-36)28-6-4-12-56(27-28)41(61)10-14-57-13-5-11-49-57)31-23-35(47)39(25-34(31)46)55-19-16-54(17-20-55)18-21-59-38-8-3-7-37(33(38)26-50-59)58-15-9-40(60)52-45(58)63/h3,5,7-8,11,13,22-26,28,51H,4,6,9-10,12,14-21,27H2,1-2H3,(H,52,60,63)/t28-/m0/s1. The van der Waals surface area contributed by atoms with Crippen LogP contribution in [-0.2, 0) is 22.7 Å². The number of carbonyl (C=O) groups excluding carboxylic acids is 4. The highest BCUT2D eigenvalue weighted by molar-refractivity contribution is 6.34. The Balaban J connectivity index is 0.921. The second-order valence-electron chi connectivity index (χ2n) is 16.6. The van der Waals surface area contributed by atoms with Crippen LogP contribution in [0.2, 0.25) is 5.02 Å². The van der Waals surface area contributed by atoms with Gasteiger partial charge in [-0.05, 0) is 66.4 Å². The molecule has 3 aliphatic heterocycles. The number of hydrogen-bond acceptors (Lipinski definition) is 8. The molecule has 3 fully saturated rings. The lowest BCUT2D eigenvalue weighted by Crippen LogP contribution is -2.49. The third-order valence-corrected chi connectivity index (χ3v) is 12.8. The number of amides is 5. The van der Waals surface area contributed by atoms with Crippen molar-refractivity contribution in [2.45, 2.75) is 44.7 Å². The molecule has 0 spiro atoms. The first-order valence-electron chi connectivity index (χ1n) is 21.3. The molecule has 9 rings (SSSR count). The number of piperazine rings is 1. The van der Waals surface area contributed by atoms with Crippen LogP contribution in [-0.4, -0.2) is 129 Å². The first-order valence-corrected chi connectivity index (χ1v) is 21.7. The summed E-state index contributed by atoms with van der Waals surface area (Å²) >= 11 is 7.06. The Morgan fingerprint density at radius 3 is 2.49 bits per heavy atom. The number of benzene rings is 3. The van der Waals surface area contributed by atoms with Crippen LogP contribution >= 0.6 is 11.6 Å². The minimum Gasteiger partial charge on any atom is -0.367 e. The smallest absolute Gasteiger partial charge is 0.328 e. The second-order valence-corrected chi connectivity index (χ2v) is 17.0. The number of fused-ring (bicyclic) bond motifs is 2. The van der Waals surface area contributed by atoms with E-state index in [4.69, 9.17) is 11.6 Å². The SMILES string of the molecule is CN(C)C(=O)c1cc2c(-c3cc(F)c(N4CCN(CCn5ncc6c(N7CCC(=O)NC7=O)cccc65)CC4)cc3Cl)cc([C@H]3CCCN(C(=O)CCn4cccn4)C3)c(F)c2[nH]1. The number of carbonyl (C=O) groups is 4. The molecule has 0 unspecified atom stereocenters. The number of urea groups is 1. The summed E-state index contributed by atoms with van der Waals surface area (Å²) in [7, 11) is 3.23. The number of imide groups is 1. The van der Waals surface area contributed by atoms with Crippen molar-refractivity contribution in [3.05, 3.63) is 95.0 Å². The lowest BCUT2D eigenvalue weighted by molar-refractivity contribution is -0.132. The van der Waals surface area contributed by atoms with E-state index in [-0.39, 0.29) is 52.7 Å². The van der Waals surface area contributed by atoms with Crippen LogP contribution in [0.5, 0.6) is 0 Å². The molecular formula is C45H48ClF2N11O4. The van der Waals surface area contributed by atoms with Crippen molar-refractivity contribution in [1.29, 1.82) is 0 Å². The van der Waals surface area contributed by atoms with E-state index >= 15 is 8.78 Å². The van der Waals surface area contributed by atoms with Crippen molar-refractivity contribution in [2.75, 3.05) is 76.3 Å². The number of nitrogens with one attached hydrogen (secondary N) is 2. The van der Waals surface area contributed by atoms with E-state index in [1.807, 2.05) is 34.0 Å². The predicted molar refractivity (Wildman–Crippen MR) is 236 cm³/mol. The summed E-state index contributed by atoms with van der Waals surface area (Å²) in [5, 5.41) is 12.7. The molecule has 3 saturated heterocycles. The van der Waals surface area contributed by atoms with Gasteiger partial charge in [-0.15, -0.1) is 0 Å². The van der Waals surface area contributed by atoms with Crippen molar-refractivity contribution in [2.24, 2.45) is 0 Å². The van der Waals surface area contributed by atoms with E-state index in [0.29, 0.717) is 112 Å². The Kier molecular flexibility index (Phi) is 11.6. The lowest BCUT2D eigenvalue weighted by Gasteiger charge is -2.36. The zero-order chi connectivity index (χ0) is 43.9. The summed E-state index contributed by atoms with van der Waals surface area (Å²) < 4.78 is 36.7. The van der Waals surface area contributed by atoms with Crippen molar-refractivity contribution >= 4 is 68.5 Å². The predicted octanol–water partition coefficient (Wildman–Crippen LogP) is 6.08. The first-order chi connectivity index (χ1) is 30.4. The Bertz CT molecular complexity index is 2730. The highest BCUT2D eigenvalue weighted by Gasteiger charge is 2.31. The Morgan fingerprint density at radius 1 is 0.905 bits per heavy atom. The van der Waals surface area contributed by atoms with Gasteiger partial charge in [0, 0.05) is 120 Å². The molecule has 15 nitrogen and oxygen atoms in total. The highest BCUT2D eigenvalue weighted by atomic mass is 35.5. The molecule has 1 atom stereocenters. The number of aromatic amines is 1. The van der Waals surface area contributed by atoms with E-state index in [1.165, 1.54) is 11.0 Å². The number of anilines is 2. The fourth-order valence-corrected chi connectivity index (χ4v) is 9.40. The van der Waals surface area contributed by atoms with Crippen LogP contribution in [0.25, 0.3) is 32.9 Å². The van der Waals surface area contributed by atoms with E-state index in [9.17, 15) is 19.2 Å². The molecule has 0 radical (unpaired) electrons. The molecule has 328 valence electrons. The number of hydrogen-bond donors (Lipinski definition) is 2. The summed E-state index contributed by atoms with van der Waals surface area (Å²) in [6.07, 6.45) is 7.05. The van der Waals surface area contributed by atoms with Crippen LogP contribution in [0.1, 0.15) is 47.7 Å². The summed E-state index contributed by atoms with van der Waals surface area (Å²) in [5.41, 5.74) is 3.50. The molecule has 6 heterocycles. The average molecular weight is 880 g/mol. The number of halogens is 3. The Labute approximate surface area is 367 Å². The normalized spacial score (nSPS) is 17.5. The first kappa shape index (κ1) is 42.0. The van der Waals surface area contributed by atoms with Gasteiger partial charge in [-0.25, -0.2) is 13.6 Å². The summed E-state index contributed by atoms with van der Waals surface area (Å²) in [6.45, 7) is 5.38. The highest BCUT2D eigenvalue weighted by Crippen LogP contribution is 2.42. The number of H-pyrrole nitrogens is 1. The second kappa shape index (κ2) is 17.4. The van der Waals surface area contributed by atoms with Gasteiger partial charge >= 0.3 is 6.03 Å². The van der Waals surface area contributed by atoms with Crippen LogP contribution < -0.4 is 15.1 Å². The van der Waals surface area contributed by atoms with Crippen LogP contribution in [0.3, 0.4) is 0 Å². The third-order valence-electron chi connectivity index (χ3n) is 12.5. The molecule has 18 heteroatoms. The average Bonchev–Trinajstić information content (AvgIpc) is 4.07. The molecule has 3 aromatic carbocycles. The molecular weight excluding hydrogens is 832 g/mol. The van der Waals surface area contributed by atoms with Gasteiger partial charge in [0.05, 0.1) is 40.2 Å². The third kappa shape index (κ3) is 8.34. The van der Waals surface area contributed by atoms with Crippen LogP contribution in [0.15, 0.2) is 67.1 Å². The fourth-order valence-electron chi connectivity index (χ4n) is 9.14. The topological polar surface area (TPSA) is 148 Å². The molecule has 63 heavy (non-hydrogen) atoms. The van der Waals surface area contributed by atoms with Gasteiger partial charge in [0.25, 0.3) is 5.91 Å². The largest absolute Gasteiger partial charge is 0.367 e. The minimum atomic E-state index is -0.510. The van der Waals surface area contributed by atoms with Gasteiger partial charge in [0.2, 0.25) is 11.8 Å². The quantitative estimate of drug-likeness (QED) is 0.159. The number of aryl methyl sites for hydroxylation is 1. The van der Waals surface area contributed by atoms with E-state index in [1.54, 1.807) is 65.2 Å². The number of nitrogens with zero attached hydrogens (tertiary/aromatic N) is 9. The maximum atomic E-state index is 16.7. The number of rotatable bonds is 11. The van der Waals surface area contributed by atoms with Gasteiger partial charge in [-0.3, -0.25) is 38.9 Å². The molecule has 2 N–H and O–H groups in total. The summed E-state index contributed by atoms with van der Waals surface area (Å²) in [5.74, 6) is -1.99. The van der Waals surface area contributed by atoms with Crippen molar-refractivity contribution in [1.82, 2.24) is 44.6 Å². The zero-order valence-corrected chi connectivity index (χ0v) is 35.9. The number of likely N-dealkylation sites (tertiary alicyclic amines) is 1. The van der Waals surface area contributed by atoms with Crippen LogP contribution in [0.4, 0.5) is 25.0 Å². The Hall–Kier alpha value is -6.33. The Morgan fingerprint density at radius 2 is 1.73 bits per heavy atom. The monoisotopic (exact) mass is 879 g/mol.